The molecule has 0 saturated heterocycles. The van der Waals surface area contributed by atoms with Crippen molar-refractivity contribution in [2.24, 2.45) is 0 Å². The zero-order valence-corrected chi connectivity index (χ0v) is 18.2. The van der Waals surface area contributed by atoms with E-state index in [0.717, 1.165) is 27.4 Å². The number of carbonyl (C=O) groups is 1. The predicted molar refractivity (Wildman–Crippen MR) is 119 cm³/mol. The van der Waals surface area contributed by atoms with Crippen LogP contribution in [0.4, 0.5) is 0 Å². The molecular formula is C22H19ClN4O2S. The van der Waals surface area contributed by atoms with E-state index in [1.54, 1.807) is 4.68 Å². The van der Waals surface area contributed by atoms with Crippen LogP contribution in [0.3, 0.4) is 0 Å². The first-order valence-corrected chi connectivity index (χ1v) is 10.6. The number of carboxylic acids is 1. The number of aromatic nitrogens is 4. The molecule has 2 aromatic carbocycles. The van der Waals surface area contributed by atoms with Gasteiger partial charge in [0.1, 0.15) is 15.7 Å². The summed E-state index contributed by atoms with van der Waals surface area (Å²) in [6, 6.07) is 15.7. The van der Waals surface area contributed by atoms with Crippen molar-refractivity contribution in [3.05, 3.63) is 70.4 Å². The van der Waals surface area contributed by atoms with Gasteiger partial charge in [-0.3, -0.25) is 0 Å². The van der Waals surface area contributed by atoms with Gasteiger partial charge in [0, 0.05) is 5.56 Å². The molecule has 0 amide bonds. The summed E-state index contributed by atoms with van der Waals surface area (Å²) in [5.74, 6) is -0.979. The molecule has 0 saturated carbocycles. The molecule has 0 aliphatic rings. The first kappa shape index (κ1) is 20.3. The molecule has 2 heterocycles. The molecule has 152 valence electrons. The molecule has 0 atom stereocenters. The summed E-state index contributed by atoms with van der Waals surface area (Å²) >= 11 is 7.85. The third kappa shape index (κ3) is 3.62. The average molecular weight is 439 g/mol. The van der Waals surface area contributed by atoms with Crippen molar-refractivity contribution < 1.29 is 9.90 Å². The van der Waals surface area contributed by atoms with E-state index in [9.17, 15) is 9.90 Å². The Hall–Kier alpha value is -3.03. The summed E-state index contributed by atoms with van der Waals surface area (Å²) in [6.45, 7) is 6.16. The van der Waals surface area contributed by atoms with Crippen molar-refractivity contribution in [1.82, 2.24) is 20.0 Å². The number of benzene rings is 2. The van der Waals surface area contributed by atoms with Crippen LogP contribution in [0, 0.1) is 6.92 Å². The van der Waals surface area contributed by atoms with Gasteiger partial charge in [0.15, 0.2) is 10.7 Å². The van der Waals surface area contributed by atoms with E-state index in [-0.39, 0.29) is 16.6 Å². The molecule has 2 aromatic heterocycles. The Bertz CT molecular complexity index is 1250. The number of aromatic carboxylic acids is 1. The Balaban J connectivity index is 1.92. The topological polar surface area (TPSA) is 80.9 Å². The quantitative estimate of drug-likeness (QED) is 0.423. The van der Waals surface area contributed by atoms with E-state index in [2.05, 4.69) is 29.1 Å². The zero-order valence-electron chi connectivity index (χ0n) is 16.6. The standard InChI is InChI=1S/C22H19ClN4O2S/c1-12(2)15-9-4-5-10-16(15)27-19(17(23)18(26-27)22(28)29)21-25-24-20(30-21)14-8-6-7-13(3)11-14/h4-12H,1-3H3,(H,28,29). The lowest BCUT2D eigenvalue weighted by molar-refractivity contribution is 0.0690. The molecule has 30 heavy (non-hydrogen) atoms. The Labute approximate surface area is 182 Å². The summed E-state index contributed by atoms with van der Waals surface area (Å²) < 4.78 is 1.57. The van der Waals surface area contributed by atoms with Crippen molar-refractivity contribution in [2.45, 2.75) is 26.7 Å². The largest absolute Gasteiger partial charge is 0.476 e. The van der Waals surface area contributed by atoms with Gasteiger partial charge in [0.2, 0.25) is 0 Å². The van der Waals surface area contributed by atoms with E-state index in [1.165, 1.54) is 11.3 Å². The first-order chi connectivity index (χ1) is 14.4. The minimum Gasteiger partial charge on any atom is -0.476 e. The number of nitrogens with zero attached hydrogens (tertiary/aromatic N) is 4. The van der Waals surface area contributed by atoms with Gasteiger partial charge >= 0.3 is 5.97 Å². The lowest BCUT2D eigenvalue weighted by Gasteiger charge is -2.14. The Morgan fingerprint density at radius 2 is 1.83 bits per heavy atom. The molecule has 0 unspecified atom stereocenters. The fourth-order valence-electron chi connectivity index (χ4n) is 3.28. The third-order valence-corrected chi connectivity index (χ3v) is 6.05. The number of hydrogen-bond acceptors (Lipinski definition) is 5. The minimum atomic E-state index is -1.19. The van der Waals surface area contributed by atoms with Crippen LogP contribution in [-0.2, 0) is 0 Å². The van der Waals surface area contributed by atoms with Crippen molar-refractivity contribution in [2.75, 3.05) is 0 Å². The number of rotatable bonds is 5. The smallest absolute Gasteiger partial charge is 0.358 e. The van der Waals surface area contributed by atoms with Crippen LogP contribution in [0.1, 0.15) is 41.4 Å². The number of halogens is 1. The maximum Gasteiger partial charge on any atom is 0.358 e. The summed E-state index contributed by atoms with van der Waals surface area (Å²) in [6.07, 6.45) is 0. The SMILES string of the molecule is Cc1cccc(-c2nnc(-c3c(Cl)c(C(=O)O)nn3-c3ccccc3C(C)C)s2)c1. The Morgan fingerprint density at radius 1 is 1.10 bits per heavy atom. The van der Waals surface area contributed by atoms with Gasteiger partial charge in [-0.15, -0.1) is 10.2 Å². The van der Waals surface area contributed by atoms with Crippen molar-refractivity contribution in [3.63, 3.8) is 0 Å². The molecule has 8 heteroatoms. The van der Waals surface area contributed by atoms with Crippen molar-refractivity contribution in [1.29, 1.82) is 0 Å². The molecule has 1 N–H and O–H groups in total. The lowest BCUT2D eigenvalue weighted by atomic mass is 10.0. The van der Waals surface area contributed by atoms with Gasteiger partial charge in [-0.2, -0.15) is 5.10 Å². The van der Waals surface area contributed by atoms with Crippen LogP contribution in [0.2, 0.25) is 5.02 Å². The number of para-hydroxylation sites is 1. The maximum absolute atomic E-state index is 11.7. The molecular weight excluding hydrogens is 420 g/mol. The average Bonchev–Trinajstić information content (AvgIpc) is 3.32. The van der Waals surface area contributed by atoms with E-state index in [1.807, 2.05) is 55.5 Å². The van der Waals surface area contributed by atoms with E-state index in [0.29, 0.717) is 10.7 Å². The van der Waals surface area contributed by atoms with Gasteiger partial charge < -0.3 is 5.11 Å². The summed E-state index contributed by atoms with van der Waals surface area (Å²) in [4.78, 5) is 11.7. The maximum atomic E-state index is 11.7. The fraction of sp³-hybridized carbons (Fsp3) is 0.182. The fourth-order valence-corrected chi connectivity index (χ4v) is 4.50. The molecule has 0 bridgehead atoms. The Kier molecular flexibility index (Phi) is 5.40. The highest BCUT2D eigenvalue weighted by molar-refractivity contribution is 7.18. The zero-order chi connectivity index (χ0) is 21.4. The number of carboxylic acid groups (broad SMARTS) is 1. The first-order valence-electron chi connectivity index (χ1n) is 9.39. The molecule has 0 spiro atoms. The molecule has 0 radical (unpaired) electrons. The molecule has 0 fully saturated rings. The number of aryl methyl sites for hydroxylation is 1. The van der Waals surface area contributed by atoms with Crippen LogP contribution in [0.5, 0.6) is 0 Å². The van der Waals surface area contributed by atoms with Crippen LogP contribution >= 0.6 is 22.9 Å². The molecule has 4 aromatic rings. The van der Waals surface area contributed by atoms with Crippen LogP contribution in [0.25, 0.3) is 27.0 Å². The van der Waals surface area contributed by atoms with Gasteiger partial charge in [-0.1, -0.05) is 78.7 Å². The van der Waals surface area contributed by atoms with E-state index in [4.69, 9.17) is 11.6 Å². The highest BCUT2D eigenvalue weighted by Gasteiger charge is 2.27. The van der Waals surface area contributed by atoms with Crippen LogP contribution < -0.4 is 0 Å². The lowest BCUT2D eigenvalue weighted by Crippen LogP contribution is -2.06. The molecule has 4 rings (SSSR count). The monoisotopic (exact) mass is 438 g/mol. The van der Waals surface area contributed by atoms with Crippen LogP contribution in [0.15, 0.2) is 48.5 Å². The second-order valence-corrected chi connectivity index (χ2v) is 8.58. The molecule has 6 nitrogen and oxygen atoms in total. The van der Waals surface area contributed by atoms with Crippen LogP contribution in [-0.4, -0.2) is 31.1 Å². The second kappa shape index (κ2) is 8.01. The summed E-state index contributed by atoms with van der Waals surface area (Å²) in [5, 5.41) is 23.8. The number of hydrogen-bond donors (Lipinski definition) is 1. The van der Waals surface area contributed by atoms with Crippen molar-refractivity contribution >= 4 is 28.9 Å². The van der Waals surface area contributed by atoms with E-state index < -0.39 is 5.97 Å². The van der Waals surface area contributed by atoms with Gasteiger partial charge in [0.05, 0.1) is 5.69 Å². The Morgan fingerprint density at radius 3 is 2.53 bits per heavy atom. The summed E-state index contributed by atoms with van der Waals surface area (Å²) in [7, 11) is 0. The van der Waals surface area contributed by atoms with E-state index >= 15 is 0 Å². The predicted octanol–water partition coefficient (Wildman–Crippen LogP) is 5.84. The highest BCUT2D eigenvalue weighted by Crippen LogP contribution is 2.38. The van der Waals surface area contributed by atoms with Gasteiger partial charge in [-0.25, -0.2) is 9.48 Å². The summed E-state index contributed by atoms with van der Waals surface area (Å²) in [5.41, 5.74) is 4.08. The molecule has 0 aliphatic heterocycles. The van der Waals surface area contributed by atoms with Crippen molar-refractivity contribution in [3.8, 4) is 27.0 Å². The van der Waals surface area contributed by atoms with Gasteiger partial charge in [0.25, 0.3) is 0 Å². The highest BCUT2D eigenvalue weighted by atomic mass is 35.5. The normalized spacial score (nSPS) is 11.2. The van der Waals surface area contributed by atoms with Gasteiger partial charge in [-0.05, 0) is 30.5 Å². The molecule has 0 aliphatic carbocycles. The third-order valence-electron chi connectivity index (χ3n) is 4.71. The minimum absolute atomic E-state index is 0.0491. The second-order valence-electron chi connectivity index (χ2n) is 7.22.